The number of nitrogen functional groups attached to an aromatic ring is 1. The number of benzene rings is 1. The maximum atomic E-state index is 12.5. The lowest BCUT2D eigenvalue weighted by Crippen LogP contribution is -2.37. The van der Waals surface area contributed by atoms with Gasteiger partial charge in [0, 0.05) is 13.1 Å². The van der Waals surface area contributed by atoms with Gasteiger partial charge in [0.05, 0.1) is 5.69 Å². The van der Waals surface area contributed by atoms with Gasteiger partial charge in [-0.05, 0) is 30.9 Å². The molecule has 0 amide bonds. The fourth-order valence-corrected chi connectivity index (χ4v) is 3.86. The topological polar surface area (TPSA) is 63.4 Å². The molecule has 0 atom stereocenters. The van der Waals surface area contributed by atoms with Crippen molar-refractivity contribution in [3.05, 3.63) is 24.3 Å². The summed E-state index contributed by atoms with van der Waals surface area (Å²) < 4.78 is 26.6. The van der Waals surface area contributed by atoms with E-state index in [9.17, 15) is 8.42 Å². The van der Waals surface area contributed by atoms with Crippen molar-refractivity contribution in [2.75, 3.05) is 18.8 Å². The van der Waals surface area contributed by atoms with E-state index in [0.717, 1.165) is 12.8 Å². The van der Waals surface area contributed by atoms with Gasteiger partial charge in [-0.3, -0.25) is 0 Å². The molecule has 0 aromatic heterocycles. The maximum Gasteiger partial charge on any atom is 0.245 e. The molecule has 0 spiro atoms. The molecule has 100 valence electrons. The van der Waals surface area contributed by atoms with E-state index in [1.165, 1.54) is 6.42 Å². The van der Waals surface area contributed by atoms with E-state index in [-0.39, 0.29) is 4.90 Å². The number of hydrogen-bond acceptors (Lipinski definition) is 3. The molecule has 1 aliphatic carbocycles. The molecule has 18 heavy (non-hydrogen) atoms. The van der Waals surface area contributed by atoms with Crippen molar-refractivity contribution in [3.63, 3.8) is 0 Å². The summed E-state index contributed by atoms with van der Waals surface area (Å²) in [5, 5.41) is 0. The lowest BCUT2D eigenvalue weighted by atomic mass is 9.85. The third kappa shape index (κ3) is 2.52. The third-order valence-corrected chi connectivity index (χ3v) is 5.59. The largest absolute Gasteiger partial charge is 0.398 e. The number of rotatable bonds is 5. The van der Waals surface area contributed by atoms with Gasteiger partial charge in [0.1, 0.15) is 4.90 Å². The van der Waals surface area contributed by atoms with Gasteiger partial charge in [-0.2, -0.15) is 4.31 Å². The van der Waals surface area contributed by atoms with Gasteiger partial charge < -0.3 is 5.73 Å². The number of hydrogen-bond donors (Lipinski definition) is 1. The molecule has 1 aromatic rings. The van der Waals surface area contributed by atoms with Crippen molar-refractivity contribution in [3.8, 4) is 0 Å². The number of nitrogens with zero attached hydrogens (tertiary/aromatic N) is 1. The molecule has 0 bridgehead atoms. The molecule has 1 aliphatic rings. The van der Waals surface area contributed by atoms with Crippen molar-refractivity contribution >= 4 is 15.7 Å². The van der Waals surface area contributed by atoms with Crippen LogP contribution in [0.1, 0.15) is 26.2 Å². The van der Waals surface area contributed by atoms with Crippen LogP contribution in [0.4, 0.5) is 5.69 Å². The minimum absolute atomic E-state index is 0.228. The zero-order valence-corrected chi connectivity index (χ0v) is 11.5. The molecular weight excluding hydrogens is 248 g/mol. The van der Waals surface area contributed by atoms with Gasteiger partial charge in [0.15, 0.2) is 0 Å². The predicted octanol–water partition coefficient (Wildman–Crippen LogP) is 2.08. The highest BCUT2D eigenvalue weighted by Crippen LogP contribution is 2.30. The number of para-hydroxylation sites is 1. The Bertz CT molecular complexity index is 509. The highest BCUT2D eigenvalue weighted by molar-refractivity contribution is 7.89. The monoisotopic (exact) mass is 268 g/mol. The van der Waals surface area contributed by atoms with Gasteiger partial charge in [0.25, 0.3) is 0 Å². The van der Waals surface area contributed by atoms with Crippen LogP contribution < -0.4 is 5.73 Å². The minimum atomic E-state index is -3.44. The van der Waals surface area contributed by atoms with Crippen LogP contribution in [0.5, 0.6) is 0 Å². The minimum Gasteiger partial charge on any atom is -0.398 e. The normalized spacial score (nSPS) is 16.8. The second kappa shape index (κ2) is 5.28. The van der Waals surface area contributed by atoms with E-state index >= 15 is 0 Å². The van der Waals surface area contributed by atoms with Crippen LogP contribution in [0, 0.1) is 5.92 Å². The second-order valence-corrected chi connectivity index (χ2v) is 6.70. The van der Waals surface area contributed by atoms with Crippen molar-refractivity contribution in [2.24, 2.45) is 5.92 Å². The Balaban J connectivity index is 2.25. The molecule has 4 nitrogen and oxygen atoms in total. The lowest BCUT2D eigenvalue weighted by molar-refractivity contribution is 0.250. The molecular formula is C13H20N2O2S. The summed E-state index contributed by atoms with van der Waals surface area (Å²) >= 11 is 0. The zero-order valence-electron chi connectivity index (χ0n) is 10.7. The second-order valence-electron chi connectivity index (χ2n) is 4.79. The molecule has 1 fully saturated rings. The van der Waals surface area contributed by atoms with Crippen LogP contribution in [0.2, 0.25) is 0 Å². The number of anilines is 1. The van der Waals surface area contributed by atoms with E-state index in [4.69, 9.17) is 5.73 Å². The molecule has 0 heterocycles. The molecule has 1 saturated carbocycles. The SMILES string of the molecule is CCN(CC1CCC1)S(=O)(=O)c1ccccc1N. The van der Waals surface area contributed by atoms with Gasteiger partial charge >= 0.3 is 0 Å². The first kappa shape index (κ1) is 13.4. The van der Waals surface area contributed by atoms with Crippen LogP contribution in [0.25, 0.3) is 0 Å². The van der Waals surface area contributed by atoms with Gasteiger partial charge in [-0.15, -0.1) is 0 Å². The Morgan fingerprint density at radius 3 is 2.50 bits per heavy atom. The maximum absolute atomic E-state index is 12.5. The summed E-state index contributed by atoms with van der Waals surface area (Å²) in [6, 6.07) is 6.66. The van der Waals surface area contributed by atoms with Crippen LogP contribution >= 0.6 is 0 Å². The standard InChI is InChI=1S/C13H20N2O2S/c1-2-15(10-11-6-5-7-11)18(16,17)13-9-4-3-8-12(13)14/h3-4,8-9,11H,2,5-7,10,14H2,1H3. The Labute approximate surface area is 109 Å². The fraction of sp³-hybridized carbons (Fsp3) is 0.538. The first-order chi connectivity index (χ1) is 8.55. The fourth-order valence-electron chi connectivity index (χ4n) is 2.22. The molecule has 2 rings (SSSR count). The van der Waals surface area contributed by atoms with Crippen molar-refractivity contribution in [1.29, 1.82) is 0 Å². The van der Waals surface area contributed by atoms with E-state index in [1.807, 2.05) is 6.92 Å². The quantitative estimate of drug-likeness (QED) is 0.832. The van der Waals surface area contributed by atoms with Crippen molar-refractivity contribution < 1.29 is 8.42 Å². The number of nitrogens with two attached hydrogens (primary N) is 1. The summed E-state index contributed by atoms with van der Waals surface area (Å²) in [7, 11) is -3.44. The Hall–Kier alpha value is -1.07. The van der Waals surface area contributed by atoms with Crippen molar-refractivity contribution in [2.45, 2.75) is 31.1 Å². The van der Waals surface area contributed by atoms with Crippen LogP contribution in [0.15, 0.2) is 29.2 Å². The molecule has 2 N–H and O–H groups in total. The predicted molar refractivity (Wildman–Crippen MR) is 72.6 cm³/mol. The summed E-state index contributed by atoms with van der Waals surface area (Å²) in [4.78, 5) is 0.228. The summed E-state index contributed by atoms with van der Waals surface area (Å²) in [6.07, 6.45) is 3.49. The zero-order chi connectivity index (χ0) is 13.2. The van der Waals surface area contributed by atoms with E-state index in [0.29, 0.717) is 24.7 Å². The average Bonchev–Trinajstić information content (AvgIpc) is 2.27. The molecule has 5 heteroatoms. The third-order valence-electron chi connectivity index (χ3n) is 3.58. The highest BCUT2D eigenvalue weighted by Gasteiger charge is 2.29. The summed E-state index contributed by atoms with van der Waals surface area (Å²) in [6.45, 7) is 2.98. The van der Waals surface area contributed by atoms with E-state index in [1.54, 1.807) is 28.6 Å². The molecule has 0 unspecified atom stereocenters. The Kier molecular flexibility index (Phi) is 3.92. The van der Waals surface area contributed by atoms with Crippen LogP contribution in [-0.4, -0.2) is 25.8 Å². The van der Waals surface area contributed by atoms with Crippen LogP contribution in [0.3, 0.4) is 0 Å². The lowest BCUT2D eigenvalue weighted by Gasteiger charge is -2.31. The molecule has 0 radical (unpaired) electrons. The van der Waals surface area contributed by atoms with Gasteiger partial charge in [-0.1, -0.05) is 25.5 Å². The van der Waals surface area contributed by atoms with Gasteiger partial charge in [0.2, 0.25) is 10.0 Å². The molecule has 0 saturated heterocycles. The average molecular weight is 268 g/mol. The number of sulfonamides is 1. The first-order valence-electron chi connectivity index (χ1n) is 6.40. The van der Waals surface area contributed by atoms with Crippen molar-refractivity contribution in [1.82, 2.24) is 4.31 Å². The first-order valence-corrected chi connectivity index (χ1v) is 7.84. The Morgan fingerprint density at radius 1 is 1.33 bits per heavy atom. The Morgan fingerprint density at radius 2 is 2.00 bits per heavy atom. The summed E-state index contributed by atoms with van der Waals surface area (Å²) in [5.41, 5.74) is 6.09. The van der Waals surface area contributed by atoms with Crippen LogP contribution in [-0.2, 0) is 10.0 Å². The van der Waals surface area contributed by atoms with E-state index in [2.05, 4.69) is 0 Å². The smallest absolute Gasteiger partial charge is 0.245 e. The summed E-state index contributed by atoms with van der Waals surface area (Å²) in [5.74, 6) is 0.518. The highest BCUT2D eigenvalue weighted by atomic mass is 32.2. The molecule has 0 aliphatic heterocycles. The molecule has 1 aromatic carbocycles. The van der Waals surface area contributed by atoms with Gasteiger partial charge in [-0.25, -0.2) is 8.42 Å². The van der Waals surface area contributed by atoms with E-state index < -0.39 is 10.0 Å².